The molecule has 0 unspecified atom stereocenters. The summed E-state index contributed by atoms with van der Waals surface area (Å²) in [6, 6.07) is 0. The first-order valence-electron chi connectivity index (χ1n) is 3.97. The average Bonchev–Trinajstić information content (AvgIpc) is 2.05. The van der Waals surface area contributed by atoms with Crippen molar-refractivity contribution < 1.29 is 16.8 Å². The number of nitrogens with zero attached hydrogens (tertiary/aromatic N) is 2. The monoisotopic (exact) mass is 284 g/mol. The Bertz CT molecular complexity index is 637. The molecule has 1 heterocycles. The van der Waals surface area contributed by atoms with E-state index in [2.05, 4.69) is 9.97 Å². The Balaban J connectivity index is 3.72. The van der Waals surface area contributed by atoms with E-state index in [-0.39, 0.29) is 10.7 Å². The lowest BCUT2D eigenvalue weighted by Gasteiger charge is -2.05. The van der Waals surface area contributed by atoms with Crippen LogP contribution in [-0.4, -0.2) is 39.3 Å². The summed E-state index contributed by atoms with van der Waals surface area (Å²) < 4.78 is 45.1. The number of halogens is 1. The van der Waals surface area contributed by atoms with Gasteiger partial charge in [-0.15, -0.1) is 0 Å². The summed E-state index contributed by atoms with van der Waals surface area (Å²) in [7, 11) is -7.36. The largest absolute Gasteiger partial charge is 0.248 e. The molecule has 0 aliphatic carbocycles. The second-order valence-corrected chi connectivity index (χ2v) is 7.47. The Morgan fingerprint density at radius 3 is 1.88 bits per heavy atom. The minimum absolute atomic E-state index is 0.109. The summed E-state index contributed by atoms with van der Waals surface area (Å²) in [6.45, 7) is 1.41. The minimum atomic E-state index is -3.69. The molecule has 0 fully saturated rings. The molecule has 1 aromatic heterocycles. The summed E-state index contributed by atoms with van der Waals surface area (Å²) in [5.74, 6) is 0. The molecular formula is C7H9ClN2O4S2. The topological polar surface area (TPSA) is 94.1 Å². The third-order valence-corrected chi connectivity index (χ3v) is 4.06. The highest BCUT2D eigenvalue weighted by molar-refractivity contribution is 7.91. The zero-order chi connectivity index (χ0) is 12.7. The van der Waals surface area contributed by atoms with E-state index in [1.54, 1.807) is 0 Å². The lowest BCUT2D eigenvalue weighted by Crippen LogP contribution is -2.11. The highest BCUT2D eigenvalue weighted by Crippen LogP contribution is 2.22. The third-order valence-electron chi connectivity index (χ3n) is 1.65. The van der Waals surface area contributed by atoms with E-state index in [9.17, 15) is 16.8 Å². The SMILES string of the molecule is Cc1nc(S(C)(=O)=O)nc(S(C)(=O)=O)c1Cl. The van der Waals surface area contributed by atoms with Crippen molar-refractivity contribution in [3.63, 3.8) is 0 Å². The van der Waals surface area contributed by atoms with E-state index < -0.39 is 29.9 Å². The van der Waals surface area contributed by atoms with Crippen molar-refractivity contribution in [2.75, 3.05) is 12.5 Å². The van der Waals surface area contributed by atoms with Crippen LogP contribution in [0.5, 0.6) is 0 Å². The second kappa shape index (κ2) is 3.94. The van der Waals surface area contributed by atoms with Gasteiger partial charge in [0.25, 0.3) is 0 Å². The van der Waals surface area contributed by atoms with E-state index in [0.29, 0.717) is 0 Å². The van der Waals surface area contributed by atoms with Crippen molar-refractivity contribution in [2.24, 2.45) is 0 Å². The molecule has 0 bridgehead atoms. The molecular weight excluding hydrogens is 276 g/mol. The van der Waals surface area contributed by atoms with Gasteiger partial charge in [-0.05, 0) is 6.92 Å². The maximum absolute atomic E-state index is 11.3. The summed E-state index contributed by atoms with van der Waals surface area (Å²) in [5.41, 5.74) is 0.109. The zero-order valence-electron chi connectivity index (χ0n) is 8.72. The Hall–Kier alpha value is -0.730. The predicted octanol–water partition coefficient (Wildman–Crippen LogP) is 0.245. The number of sulfone groups is 2. The summed E-state index contributed by atoms with van der Waals surface area (Å²) >= 11 is 5.70. The Kier molecular flexibility index (Phi) is 3.28. The van der Waals surface area contributed by atoms with Crippen molar-refractivity contribution in [3.05, 3.63) is 10.7 Å². The van der Waals surface area contributed by atoms with Crippen molar-refractivity contribution in [2.45, 2.75) is 17.1 Å². The van der Waals surface area contributed by atoms with E-state index >= 15 is 0 Å². The van der Waals surface area contributed by atoms with Gasteiger partial charge in [0.15, 0.2) is 14.9 Å². The van der Waals surface area contributed by atoms with Crippen LogP contribution >= 0.6 is 11.6 Å². The van der Waals surface area contributed by atoms with Crippen LogP contribution in [0.2, 0.25) is 5.02 Å². The lowest BCUT2D eigenvalue weighted by atomic mass is 10.5. The quantitative estimate of drug-likeness (QED) is 0.570. The van der Waals surface area contributed by atoms with Crippen molar-refractivity contribution >= 4 is 31.3 Å². The highest BCUT2D eigenvalue weighted by atomic mass is 35.5. The first-order valence-corrected chi connectivity index (χ1v) is 8.14. The van der Waals surface area contributed by atoms with Crippen molar-refractivity contribution in [1.82, 2.24) is 9.97 Å². The molecule has 16 heavy (non-hydrogen) atoms. The van der Waals surface area contributed by atoms with Crippen molar-refractivity contribution in [1.29, 1.82) is 0 Å². The fourth-order valence-corrected chi connectivity index (χ4v) is 2.77. The molecule has 0 atom stereocenters. The van der Waals surface area contributed by atoms with E-state index in [0.717, 1.165) is 12.5 Å². The zero-order valence-corrected chi connectivity index (χ0v) is 11.1. The van der Waals surface area contributed by atoms with Crippen LogP contribution in [0.3, 0.4) is 0 Å². The Morgan fingerprint density at radius 1 is 1.00 bits per heavy atom. The maximum Gasteiger partial charge on any atom is 0.248 e. The highest BCUT2D eigenvalue weighted by Gasteiger charge is 2.22. The normalized spacial score (nSPS) is 12.8. The number of rotatable bonds is 2. The van der Waals surface area contributed by atoms with Gasteiger partial charge in [0.05, 0.1) is 10.7 Å². The fraction of sp³-hybridized carbons (Fsp3) is 0.429. The van der Waals surface area contributed by atoms with Crippen LogP contribution in [0.1, 0.15) is 5.69 Å². The molecule has 0 aliphatic heterocycles. The molecule has 90 valence electrons. The number of hydrogen-bond acceptors (Lipinski definition) is 6. The fourth-order valence-electron chi connectivity index (χ4n) is 0.920. The van der Waals surface area contributed by atoms with Gasteiger partial charge in [0.1, 0.15) is 0 Å². The van der Waals surface area contributed by atoms with Gasteiger partial charge in [-0.3, -0.25) is 0 Å². The molecule has 0 N–H and O–H groups in total. The minimum Gasteiger partial charge on any atom is -0.222 e. The Labute approximate surface area is 98.5 Å². The molecule has 0 amide bonds. The first kappa shape index (κ1) is 13.3. The molecule has 0 aromatic carbocycles. The van der Waals surface area contributed by atoms with Gasteiger partial charge in [-0.2, -0.15) is 0 Å². The predicted molar refractivity (Wildman–Crippen MR) is 58.0 cm³/mol. The van der Waals surface area contributed by atoms with Gasteiger partial charge in [-0.25, -0.2) is 26.8 Å². The summed E-state index contributed by atoms with van der Waals surface area (Å²) in [6.07, 6.45) is 1.79. The van der Waals surface area contributed by atoms with Gasteiger partial charge in [0.2, 0.25) is 15.0 Å². The molecule has 9 heteroatoms. The van der Waals surface area contributed by atoms with E-state index in [1.165, 1.54) is 6.92 Å². The van der Waals surface area contributed by atoms with Crippen LogP contribution in [0.4, 0.5) is 0 Å². The Morgan fingerprint density at radius 2 is 1.50 bits per heavy atom. The van der Waals surface area contributed by atoms with Crippen LogP contribution in [0.15, 0.2) is 10.2 Å². The molecule has 0 saturated carbocycles. The maximum atomic E-state index is 11.3. The molecule has 0 radical (unpaired) electrons. The van der Waals surface area contributed by atoms with Crippen molar-refractivity contribution in [3.8, 4) is 0 Å². The van der Waals surface area contributed by atoms with Crippen LogP contribution in [0.25, 0.3) is 0 Å². The molecule has 6 nitrogen and oxygen atoms in total. The molecule has 1 aromatic rings. The first-order chi connectivity index (χ1) is 7.03. The summed E-state index contributed by atoms with van der Waals surface area (Å²) in [5, 5.41) is -1.17. The van der Waals surface area contributed by atoms with Gasteiger partial charge in [-0.1, -0.05) is 11.6 Å². The van der Waals surface area contributed by atoms with Gasteiger partial charge < -0.3 is 0 Å². The van der Waals surface area contributed by atoms with E-state index in [4.69, 9.17) is 11.6 Å². The lowest BCUT2D eigenvalue weighted by molar-refractivity contribution is 0.584. The number of hydrogen-bond donors (Lipinski definition) is 0. The van der Waals surface area contributed by atoms with Crippen LogP contribution in [-0.2, 0) is 19.7 Å². The molecule has 0 saturated heterocycles. The molecule has 0 aliphatic rings. The smallest absolute Gasteiger partial charge is 0.222 e. The van der Waals surface area contributed by atoms with E-state index in [1.807, 2.05) is 0 Å². The third kappa shape index (κ3) is 2.69. The number of aromatic nitrogens is 2. The van der Waals surface area contributed by atoms with Gasteiger partial charge >= 0.3 is 0 Å². The molecule has 1 rings (SSSR count). The molecule has 0 spiro atoms. The van der Waals surface area contributed by atoms with Gasteiger partial charge in [0, 0.05) is 12.5 Å². The second-order valence-electron chi connectivity index (χ2n) is 3.26. The van der Waals surface area contributed by atoms with Crippen LogP contribution < -0.4 is 0 Å². The number of aryl methyl sites for hydroxylation is 1. The average molecular weight is 285 g/mol. The summed E-state index contributed by atoms with van der Waals surface area (Å²) in [4.78, 5) is 7.08. The standard InChI is InChI=1S/C7H9ClN2O4S2/c1-4-5(8)6(15(2,11)12)10-7(9-4)16(3,13)14/h1-3H3. The van der Waals surface area contributed by atoms with Crippen LogP contribution in [0, 0.1) is 6.92 Å².